The van der Waals surface area contributed by atoms with Crippen molar-refractivity contribution in [1.29, 1.82) is 0 Å². The predicted octanol–water partition coefficient (Wildman–Crippen LogP) is 3.35. The standard InChI is InChI=1S/C17H17N5O2S/c1-8-5-12-13(21-24-14(12)6-9(8)2)7-15(23)18-16-19-17-22(20-16)10(3)11(4)25-17/h5-6H,7H2,1-4H3,(H,18,20,23). The molecule has 3 aromatic heterocycles. The number of nitrogens with zero attached hydrogens (tertiary/aromatic N) is 4. The maximum Gasteiger partial charge on any atom is 0.250 e. The van der Waals surface area contributed by atoms with Crippen LogP contribution >= 0.6 is 11.3 Å². The summed E-state index contributed by atoms with van der Waals surface area (Å²) in [6.07, 6.45) is 0.111. The van der Waals surface area contributed by atoms with E-state index in [1.807, 2.05) is 39.8 Å². The summed E-state index contributed by atoms with van der Waals surface area (Å²) in [6.45, 7) is 8.04. The van der Waals surface area contributed by atoms with E-state index in [4.69, 9.17) is 4.52 Å². The molecule has 3 heterocycles. The number of aryl methyl sites for hydroxylation is 4. The van der Waals surface area contributed by atoms with Crippen LogP contribution in [0.4, 0.5) is 5.95 Å². The van der Waals surface area contributed by atoms with Crippen LogP contribution in [-0.2, 0) is 11.2 Å². The summed E-state index contributed by atoms with van der Waals surface area (Å²) in [7, 11) is 0. The summed E-state index contributed by atoms with van der Waals surface area (Å²) in [4.78, 5) is 18.6. The Bertz CT molecular complexity index is 1120. The zero-order valence-corrected chi connectivity index (χ0v) is 15.2. The molecule has 1 aromatic carbocycles. The van der Waals surface area contributed by atoms with Gasteiger partial charge in [0, 0.05) is 10.3 Å². The van der Waals surface area contributed by atoms with Crippen molar-refractivity contribution >= 4 is 39.1 Å². The molecule has 1 amide bonds. The lowest BCUT2D eigenvalue weighted by molar-refractivity contribution is -0.115. The Morgan fingerprint density at radius 2 is 2.00 bits per heavy atom. The number of fused-ring (bicyclic) bond motifs is 2. The molecule has 8 heteroatoms. The molecule has 0 saturated heterocycles. The Labute approximate surface area is 147 Å². The number of nitrogens with one attached hydrogen (secondary N) is 1. The van der Waals surface area contributed by atoms with Crippen molar-refractivity contribution in [2.24, 2.45) is 0 Å². The van der Waals surface area contributed by atoms with E-state index in [-0.39, 0.29) is 12.3 Å². The van der Waals surface area contributed by atoms with Crippen molar-refractivity contribution in [3.8, 4) is 0 Å². The SMILES string of the molecule is Cc1cc2onc(CC(=O)Nc3nc4sc(C)c(C)n4n3)c2cc1C. The number of carbonyl (C=O) groups is 1. The van der Waals surface area contributed by atoms with Crippen LogP contribution in [-0.4, -0.2) is 25.7 Å². The third-order valence-electron chi connectivity index (χ3n) is 4.39. The number of carbonyl (C=O) groups excluding carboxylic acids is 1. The number of hydrogen-bond acceptors (Lipinski definition) is 6. The van der Waals surface area contributed by atoms with Crippen LogP contribution < -0.4 is 5.32 Å². The first kappa shape index (κ1) is 15.8. The number of benzene rings is 1. The van der Waals surface area contributed by atoms with Gasteiger partial charge in [0.15, 0.2) is 5.58 Å². The highest BCUT2D eigenvalue weighted by Crippen LogP contribution is 2.24. The quantitative estimate of drug-likeness (QED) is 0.609. The Morgan fingerprint density at radius 1 is 1.24 bits per heavy atom. The number of rotatable bonds is 3. The van der Waals surface area contributed by atoms with Crippen LogP contribution in [0, 0.1) is 27.7 Å². The van der Waals surface area contributed by atoms with Crippen LogP contribution in [0.15, 0.2) is 16.7 Å². The summed E-state index contributed by atoms with van der Waals surface area (Å²) in [5.74, 6) is 0.0835. The van der Waals surface area contributed by atoms with E-state index in [1.165, 1.54) is 0 Å². The predicted molar refractivity (Wildman–Crippen MR) is 96.2 cm³/mol. The Morgan fingerprint density at radius 3 is 2.76 bits per heavy atom. The van der Waals surface area contributed by atoms with Gasteiger partial charge < -0.3 is 4.52 Å². The Hall–Kier alpha value is -2.74. The molecule has 4 rings (SSSR count). The lowest BCUT2D eigenvalue weighted by Gasteiger charge is -2.00. The number of thiazole rings is 1. The van der Waals surface area contributed by atoms with E-state index in [9.17, 15) is 4.79 Å². The van der Waals surface area contributed by atoms with Crippen LogP contribution in [0.25, 0.3) is 15.9 Å². The van der Waals surface area contributed by atoms with Gasteiger partial charge in [0.25, 0.3) is 0 Å². The number of amides is 1. The van der Waals surface area contributed by atoms with Gasteiger partial charge in [-0.25, -0.2) is 4.52 Å². The zero-order chi connectivity index (χ0) is 17.7. The second kappa shape index (κ2) is 5.66. The van der Waals surface area contributed by atoms with Crippen molar-refractivity contribution in [2.75, 3.05) is 5.32 Å². The smallest absolute Gasteiger partial charge is 0.250 e. The molecule has 0 unspecified atom stereocenters. The third kappa shape index (κ3) is 2.68. The molecule has 0 radical (unpaired) electrons. The molecule has 0 aliphatic carbocycles. The lowest BCUT2D eigenvalue weighted by atomic mass is 10.1. The number of aromatic nitrogens is 4. The minimum atomic E-state index is -0.221. The van der Waals surface area contributed by atoms with Gasteiger partial charge in [0.05, 0.1) is 12.1 Å². The normalized spacial score (nSPS) is 11.5. The fraction of sp³-hybridized carbons (Fsp3) is 0.294. The van der Waals surface area contributed by atoms with E-state index in [1.54, 1.807) is 15.9 Å². The van der Waals surface area contributed by atoms with E-state index < -0.39 is 0 Å². The summed E-state index contributed by atoms with van der Waals surface area (Å²) in [5.41, 5.74) is 4.61. The van der Waals surface area contributed by atoms with Crippen molar-refractivity contribution in [3.05, 3.63) is 39.5 Å². The van der Waals surface area contributed by atoms with E-state index >= 15 is 0 Å². The van der Waals surface area contributed by atoms with Crippen LogP contribution in [0.3, 0.4) is 0 Å². The van der Waals surface area contributed by atoms with Gasteiger partial charge >= 0.3 is 0 Å². The second-order valence-electron chi connectivity index (χ2n) is 6.16. The average molecular weight is 355 g/mol. The first-order valence-electron chi connectivity index (χ1n) is 7.90. The van der Waals surface area contributed by atoms with Gasteiger partial charge in [0.2, 0.25) is 16.8 Å². The molecule has 0 bridgehead atoms. The van der Waals surface area contributed by atoms with E-state index in [2.05, 4.69) is 20.6 Å². The van der Waals surface area contributed by atoms with Crippen LogP contribution in [0.5, 0.6) is 0 Å². The van der Waals surface area contributed by atoms with Crippen molar-refractivity contribution < 1.29 is 9.32 Å². The Balaban J connectivity index is 1.56. The third-order valence-corrected chi connectivity index (χ3v) is 5.44. The summed E-state index contributed by atoms with van der Waals surface area (Å²) in [5, 5.41) is 12.0. The number of hydrogen-bond donors (Lipinski definition) is 1. The largest absolute Gasteiger partial charge is 0.356 e. The molecule has 0 fully saturated rings. The van der Waals surface area contributed by atoms with Gasteiger partial charge in [-0.1, -0.05) is 16.5 Å². The molecule has 1 N–H and O–H groups in total. The molecular weight excluding hydrogens is 338 g/mol. The molecule has 0 aliphatic rings. The van der Waals surface area contributed by atoms with Gasteiger partial charge in [0.1, 0.15) is 5.69 Å². The Kier molecular flexibility index (Phi) is 3.57. The minimum absolute atomic E-state index is 0.111. The summed E-state index contributed by atoms with van der Waals surface area (Å²) >= 11 is 1.55. The maximum atomic E-state index is 12.3. The summed E-state index contributed by atoms with van der Waals surface area (Å²) in [6, 6.07) is 3.94. The molecular formula is C17H17N5O2S. The van der Waals surface area contributed by atoms with Crippen molar-refractivity contribution in [1.82, 2.24) is 19.8 Å². The molecule has 0 atom stereocenters. The van der Waals surface area contributed by atoms with Crippen LogP contribution in [0.1, 0.15) is 27.4 Å². The van der Waals surface area contributed by atoms with Gasteiger partial charge in [-0.15, -0.1) is 5.10 Å². The second-order valence-corrected chi connectivity index (χ2v) is 7.34. The highest BCUT2D eigenvalue weighted by atomic mass is 32.1. The van der Waals surface area contributed by atoms with Crippen LogP contribution in [0.2, 0.25) is 0 Å². The van der Waals surface area contributed by atoms with Gasteiger partial charge in [-0.2, -0.15) is 4.98 Å². The highest BCUT2D eigenvalue weighted by molar-refractivity contribution is 7.17. The maximum absolute atomic E-state index is 12.3. The molecule has 4 aromatic rings. The highest BCUT2D eigenvalue weighted by Gasteiger charge is 2.16. The molecule has 0 saturated carbocycles. The first-order valence-corrected chi connectivity index (χ1v) is 8.72. The van der Waals surface area contributed by atoms with Gasteiger partial charge in [-0.3, -0.25) is 10.1 Å². The van der Waals surface area contributed by atoms with Gasteiger partial charge in [-0.05, 0) is 51.0 Å². The fourth-order valence-corrected chi connectivity index (χ4v) is 3.59. The molecule has 0 aliphatic heterocycles. The average Bonchev–Trinajstić information content (AvgIpc) is 3.18. The summed E-state index contributed by atoms with van der Waals surface area (Å²) < 4.78 is 7.08. The minimum Gasteiger partial charge on any atom is -0.356 e. The topological polar surface area (TPSA) is 85.3 Å². The number of anilines is 1. The monoisotopic (exact) mass is 355 g/mol. The van der Waals surface area contributed by atoms with Crippen molar-refractivity contribution in [3.63, 3.8) is 0 Å². The van der Waals surface area contributed by atoms with E-state index in [0.717, 1.165) is 32.0 Å². The lowest BCUT2D eigenvalue weighted by Crippen LogP contribution is -2.16. The van der Waals surface area contributed by atoms with Crippen molar-refractivity contribution in [2.45, 2.75) is 34.1 Å². The first-order chi connectivity index (χ1) is 11.9. The van der Waals surface area contributed by atoms with E-state index in [0.29, 0.717) is 17.2 Å². The molecule has 25 heavy (non-hydrogen) atoms. The molecule has 128 valence electrons. The fourth-order valence-electron chi connectivity index (χ4n) is 2.69. The molecule has 7 nitrogen and oxygen atoms in total. The zero-order valence-electron chi connectivity index (χ0n) is 14.4. The molecule has 0 spiro atoms.